The highest BCUT2D eigenvalue weighted by molar-refractivity contribution is 7.88. The fourth-order valence-corrected chi connectivity index (χ4v) is 5.11. The van der Waals surface area contributed by atoms with Crippen LogP contribution in [-0.4, -0.2) is 15.9 Å². The molecule has 0 aliphatic heterocycles. The zero-order valence-corrected chi connectivity index (χ0v) is 23.5. The SMILES string of the molecule is CCCCCCCCCCCCOc1ccc(Nc2ccc(O)c(OS(=N)(=O)c3ccc(C)cc3)c2)cc1. The molecule has 0 amide bonds. The second kappa shape index (κ2) is 15.3. The van der Waals surface area contributed by atoms with Gasteiger partial charge >= 0.3 is 0 Å². The van der Waals surface area contributed by atoms with E-state index >= 15 is 0 Å². The minimum atomic E-state index is -3.57. The quantitative estimate of drug-likeness (QED) is 0.118. The van der Waals surface area contributed by atoms with E-state index in [4.69, 9.17) is 13.7 Å². The molecule has 3 rings (SSSR count). The van der Waals surface area contributed by atoms with E-state index in [1.165, 1.54) is 69.9 Å². The van der Waals surface area contributed by atoms with E-state index < -0.39 is 10.0 Å². The summed E-state index contributed by atoms with van der Waals surface area (Å²) in [4.78, 5) is 0.245. The molecule has 1 atom stereocenters. The largest absolute Gasteiger partial charge is 0.504 e. The Morgan fingerprint density at radius 1 is 0.789 bits per heavy atom. The molecule has 0 saturated carbocycles. The van der Waals surface area contributed by atoms with Crippen LogP contribution in [0.2, 0.25) is 0 Å². The van der Waals surface area contributed by atoms with Gasteiger partial charge in [-0.3, -0.25) is 0 Å². The molecule has 206 valence electrons. The second-order valence-corrected chi connectivity index (χ2v) is 11.4. The molecular weight excluding hydrogens is 496 g/mol. The first kappa shape index (κ1) is 29.4. The number of benzene rings is 3. The van der Waals surface area contributed by atoms with Gasteiger partial charge in [-0.2, -0.15) is 0 Å². The number of aromatic hydroxyl groups is 1. The number of phenols is 1. The van der Waals surface area contributed by atoms with Crippen LogP contribution in [0.3, 0.4) is 0 Å². The van der Waals surface area contributed by atoms with Crippen LogP contribution in [0.15, 0.2) is 71.6 Å². The Labute approximate surface area is 228 Å². The molecule has 0 fully saturated rings. The van der Waals surface area contributed by atoms with E-state index in [0.717, 1.165) is 30.0 Å². The minimum absolute atomic E-state index is 0.0213. The average molecular weight is 539 g/mol. The Balaban J connectivity index is 1.43. The summed E-state index contributed by atoms with van der Waals surface area (Å²) in [5.41, 5.74) is 2.46. The minimum Gasteiger partial charge on any atom is -0.504 e. The Hall–Kier alpha value is -3.19. The van der Waals surface area contributed by atoms with Crippen LogP contribution in [0.25, 0.3) is 0 Å². The Kier molecular flexibility index (Phi) is 11.8. The van der Waals surface area contributed by atoms with Gasteiger partial charge in [0.25, 0.3) is 0 Å². The summed E-state index contributed by atoms with van der Waals surface area (Å²) in [5, 5.41) is 13.5. The van der Waals surface area contributed by atoms with E-state index in [2.05, 4.69) is 12.2 Å². The predicted molar refractivity (Wildman–Crippen MR) is 156 cm³/mol. The van der Waals surface area contributed by atoms with Crippen LogP contribution in [0.4, 0.5) is 11.4 Å². The van der Waals surface area contributed by atoms with Crippen molar-refractivity contribution in [2.45, 2.75) is 83.0 Å². The van der Waals surface area contributed by atoms with Crippen molar-refractivity contribution in [1.82, 2.24) is 0 Å². The summed E-state index contributed by atoms with van der Waals surface area (Å²) in [6.45, 7) is 4.88. The van der Waals surface area contributed by atoms with Crippen molar-refractivity contribution in [2.24, 2.45) is 0 Å². The molecule has 6 nitrogen and oxygen atoms in total. The highest BCUT2D eigenvalue weighted by atomic mass is 32.2. The number of ether oxygens (including phenoxy) is 1. The second-order valence-electron chi connectivity index (χ2n) is 9.76. The molecule has 0 radical (unpaired) electrons. The van der Waals surface area contributed by atoms with Gasteiger partial charge < -0.3 is 19.3 Å². The van der Waals surface area contributed by atoms with Crippen molar-refractivity contribution < 1.29 is 18.2 Å². The van der Waals surface area contributed by atoms with E-state index in [9.17, 15) is 9.32 Å². The summed E-state index contributed by atoms with van der Waals surface area (Å²) >= 11 is 0. The fraction of sp³-hybridized carbons (Fsp3) is 0.419. The van der Waals surface area contributed by atoms with Crippen molar-refractivity contribution in [3.05, 3.63) is 72.3 Å². The molecule has 7 heteroatoms. The number of nitrogens with one attached hydrogen (secondary N) is 2. The molecule has 3 aromatic rings. The molecule has 0 aliphatic rings. The van der Waals surface area contributed by atoms with E-state index in [1.807, 2.05) is 31.2 Å². The van der Waals surface area contributed by atoms with Crippen LogP contribution >= 0.6 is 0 Å². The monoisotopic (exact) mass is 538 g/mol. The number of phenolic OH excluding ortho intramolecular Hbond substituents is 1. The Bertz CT molecular complexity index is 1210. The number of rotatable bonds is 17. The zero-order chi connectivity index (χ0) is 27.2. The van der Waals surface area contributed by atoms with E-state index in [0.29, 0.717) is 5.69 Å². The van der Waals surface area contributed by atoms with Gasteiger partial charge in [0.1, 0.15) is 5.75 Å². The molecule has 38 heavy (non-hydrogen) atoms. The van der Waals surface area contributed by atoms with Gasteiger partial charge in [0.15, 0.2) is 11.5 Å². The summed E-state index contributed by atoms with van der Waals surface area (Å²) in [6.07, 6.45) is 13.0. The van der Waals surface area contributed by atoms with Gasteiger partial charge in [-0.1, -0.05) is 82.4 Å². The lowest BCUT2D eigenvalue weighted by atomic mass is 10.1. The smallest absolute Gasteiger partial charge is 0.234 e. The molecule has 0 spiro atoms. The third-order valence-corrected chi connectivity index (χ3v) is 7.71. The number of anilines is 2. The van der Waals surface area contributed by atoms with E-state index in [1.54, 1.807) is 30.3 Å². The van der Waals surface area contributed by atoms with Crippen LogP contribution in [0.1, 0.15) is 76.7 Å². The Morgan fingerprint density at radius 3 is 2.00 bits per heavy atom. The maximum atomic E-state index is 12.8. The van der Waals surface area contributed by atoms with Crippen LogP contribution in [-0.2, 0) is 10.0 Å². The van der Waals surface area contributed by atoms with Crippen LogP contribution in [0.5, 0.6) is 17.2 Å². The normalized spacial score (nSPS) is 12.6. The highest BCUT2D eigenvalue weighted by Crippen LogP contribution is 2.33. The molecule has 0 bridgehead atoms. The maximum absolute atomic E-state index is 12.8. The molecule has 1 unspecified atom stereocenters. The van der Waals surface area contributed by atoms with E-state index in [-0.39, 0.29) is 16.4 Å². The van der Waals surface area contributed by atoms with Crippen LogP contribution in [0, 0.1) is 11.7 Å². The number of hydrogen-bond acceptors (Lipinski definition) is 6. The average Bonchev–Trinajstić information content (AvgIpc) is 2.90. The zero-order valence-electron chi connectivity index (χ0n) is 22.7. The predicted octanol–water partition coefficient (Wildman–Crippen LogP) is 9.14. The van der Waals surface area contributed by atoms with Crippen molar-refractivity contribution in [3.63, 3.8) is 0 Å². The lowest BCUT2D eigenvalue weighted by molar-refractivity contribution is 0.304. The van der Waals surface area contributed by atoms with Gasteiger partial charge in [-0.25, -0.2) is 8.99 Å². The lowest BCUT2D eigenvalue weighted by Gasteiger charge is -2.14. The van der Waals surface area contributed by atoms with Gasteiger partial charge in [0, 0.05) is 17.4 Å². The summed E-state index contributed by atoms with van der Waals surface area (Å²) in [6, 6.07) is 19.1. The first-order chi connectivity index (χ1) is 18.4. The maximum Gasteiger partial charge on any atom is 0.234 e. The van der Waals surface area contributed by atoms with Gasteiger partial charge in [-0.05, 0) is 61.9 Å². The Morgan fingerprint density at radius 2 is 1.37 bits per heavy atom. The number of aryl methyl sites for hydroxylation is 1. The lowest BCUT2D eigenvalue weighted by Crippen LogP contribution is -2.08. The molecule has 0 heterocycles. The molecule has 0 saturated heterocycles. The number of unbranched alkanes of at least 4 members (excludes halogenated alkanes) is 9. The van der Waals surface area contributed by atoms with Gasteiger partial charge in [0.05, 0.1) is 11.5 Å². The van der Waals surface area contributed by atoms with Gasteiger partial charge in [0.2, 0.25) is 10.0 Å². The van der Waals surface area contributed by atoms with Crippen molar-refractivity contribution in [2.75, 3.05) is 11.9 Å². The first-order valence-corrected chi connectivity index (χ1v) is 15.2. The van der Waals surface area contributed by atoms with Crippen molar-refractivity contribution in [1.29, 1.82) is 4.78 Å². The van der Waals surface area contributed by atoms with Crippen molar-refractivity contribution in [3.8, 4) is 17.2 Å². The molecule has 0 aromatic heterocycles. The first-order valence-electron chi connectivity index (χ1n) is 13.7. The fourth-order valence-electron chi connectivity index (χ4n) is 4.13. The van der Waals surface area contributed by atoms with Crippen molar-refractivity contribution >= 4 is 21.4 Å². The number of hydrogen-bond donors (Lipinski definition) is 3. The summed E-state index contributed by atoms with van der Waals surface area (Å²) < 4.78 is 32.4. The third-order valence-electron chi connectivity index (χ3n) is 6.41. The molecule has 3 aromatic carbocycles. The molecule has 3 N–H and O–H groups in total. The summed E-state index contributed by atoms with van der Waals surface area (Å²) in [5.74, 6) is 0.624. The summed E-state index contributed by atoms with van der Waals surface area (Å²) in [7, 11) is -3.57. The standard InChI is InChI=1S/C31H42N2O4S/c1-3-4-5-6-7-8-9-10-11-12-23-36-28-18-15-26(16-19-28)33-27-17-22-30(34)31(24-27)37-38(32,35)29-20-13-25(2)14-21-29/h13-22,24,32-34H,3-12,23H2,1-2H3. The topological polar surface area (TPSA) is 91.6 Å². The van der Waals surface area contributed by atoms with Gasteiger partial charge in [-0.15, -0.1) is 0 Å². The molecule has 0 aliphatic carbocycles. The van der Waals surface area contributed by atoms with Crippen LogP contribution < -0.4 is 14.2 Å². The highest BCUT2D eigenvalue weighted by Gasteiger charge is 2.15. The molecular formula is C31H42N2O4S. The third kappa shape index (κ3) is 9.93.